The van der Waals surface area contributed by atoms with E-state index in [1.54, 1.807) is 7.11 Å². The first-order valence-corrected chi connectivity index (χ1v) is 6.71. The Labute approximate surface area is 110 Å². The van der Waals surface area contributed by atoms with Crippen LogP contribution in [0.25, 0.3) is 0 Å². The molecule has 1 N–H and O–H groups in total. The molecular formula is C15H24FNO. The molecule has 1 rings (SSSR count). The number of rotatable bonds is 8. The zero-order chi connectivity index (χ0) is 13.4. The highest BCUT2D eigenvalue weighted by molar-refractivity contribution is 5.17. The van der Waals surface area contributed by atoms with E-state index < -0.39 is 0 Å². The van der Waals surface area contributed by atoms with Crippen molar-refractivity contribution in [2.75, 3.05) is 13.7 Å². The zero-order valence-electron chi connectivity index (χ0n) is 11.6. The lowest BCUT2D eigenvalue weighted by molar-refractivity contribution is 0.0653. The molecule has 2 unspecified atom stereocenters. The van der Waals surface area contributed by atoms with E-state index in [4.69, 9.17) is 4.74 Å². The van der Waals surface area contributed by atoms with Crippen LogP contribution in [0.4, 0.5) is 4.39 Å². The van der Waals surface area contributed by atoms with Crippen molar-refractivity contribution in [2.24, 2.45) is 0 Å². The zero-order valence-corrected chi connectivity index (χ0v) is 11.6. The van der Waals surface area contributed by atoms with Gasteiger partial charge in [0.25, 0.3) is 0 Å². The summed E-state index contributed by atoms with van der Waals surface area (Å²) in [5.74, 6) is -0.185. The fourth-order valence-corrected chi connectivity index (χ4v) is 2.15. The third kappa shape index (κ3) is 4.75. The molecule has 0 bridgehead atoms. The fourth-order valence-electron chi connectivity index (χ4n) is 2.15. The van der Waals surface area contributed by atoms with Gasteiger partial charge in [0.1, 0.15) is 5.82 Å². The largest absolute Gasteiger partial charge is 0.380 e. The monoisotopic (exact) mass is 253 g/mol. The topological polar surface area (TPSA) is 21.3 Å². The van der Waals surface area contributed by atoms with E-state index in [0.29, 0.717) is 0 Å². The van der Waals surface area contributed by atoms with Crippen LogP contribution in [0.2, 0.25) is 0 Å². The molecule has 0 heterocycles. The highest BCUT2D eigenvalue weighted by Crippen LogP contribution is 2.12. The number of halogens is 1. The Morgan fingerprint density at radius 1 is 1.22 bits per heavy atom. The molecule has 1 aromatic rings. The molecule has 0 saturated carbocycles. The average molecular weight is 253 g/mol. The summed E-state index contributed by atoms with van der Waals surface area (Å²) in [4.78, 5) is 0. The summed E-state index contributed by atoms with van der Waals surface area (Å²) >= 11 is 0. The van der Waals surface area contributed by atoms with Gasteiger partial charge in [-0.3, -0.25) is 0 Å². The smallest absolute Gasteiger partial charge is 0.123 e. The van der Waals surface area contributed by atoms with Gasteiger partial charge in [0.05, 0.1) is 6.10 Å². The van der Waals surface area contributed by atoms with E-state index in [1.807, 2.05) is 12.1 Å². The van der Waals surface area contributed by atoms with Crippen LogP contribution in [-0.4, -0.2) is 25.8 Å². The third-order valence-electron chi connectivity index (χ3n) is 3.18. The quantitative estimate of drug-likeness (QED) is 0.768. The molecule has 0 aliphatic rings. The molecule has 3 heteroatoms. The van der Waals surface area contributed by atoms with Crippen molar-refractivity contribution in [3.63, 3.8) is 0 Å². The van der Waals surface area contributed by atoms with Gasteiger partial charge in [-0.05, 0) is 43.5 Å². The maximum atomic E-state index is 12.9. The second-order valence-electron chi connectivity index (χ2n) is 4.57. The molecule has 2 nitrogen and oxygen atoms in total. The second-order valence-corrected chi connectivity index (χ2v) is 4.57. The van der Waals surface area contributed by atoms with E-state index in [9.17, 15) is 4.39 Å². The lowest BCUT2D eigenvalue weighted by Crippen LogP contribution is -2.42. The molecule has 0 amide bonds. The minimum atomic E-state index is -0.185. The van der Waals surface area contributed by atoms with Gasteiger partial charge in [-0.2, -0.15) is 0 Å². The molecule has 0 radical (unpaired) electrons. The minimum Gasteiger partial charge on any atom is -0.380 e. The molecule has 0 aromatic heterocycles. The first-order chi connectivity index (χ1) is 8.71. The van der Waals surface area contributed by atoms with Gasteiger partial charge in [0.15, 0.2) is 0 Å². The normalized spacial score (nSPS) is 14.4. The summed E-state index contributed by atoms with van der Waals surface area (Å²) in [5.41, 5.74) is 1.14. The molecule has 0 saturated heterocycles. The number of benzene rings is 1. The number of methoxy groups -OCH3 is 1. The standard InChI is InChI=1S/C15H24FNO/c1-4-10-17-14(15(5-2)18-3)11-12-6-8-13(16)9-7-12/h6-9,14-15,17H,4-5,10-11H2,1-3H3. The molecule has 2 atom stereocenters. The summed E-state index contributed by atoms with van der Waals surface area (Å²) in [6, 6.07) is 7.00. The Morgan fingerprint density at radius 3 is 2.39 bits per heavy atom. The summed E-state index contributed by atoms with van der Waals surface area (Å²) in [5, 5.41) is 3.52. The lowest BCUT2D eigenvalue weighted by atomic mass is 9.99. The molecule has 102 valence electrons. The van der Waals surface area contributed by atoms with Crippen LogP contribution < -0.4 is 5.32 Å². The SMILES string of the molecule is CCCNC(Cc1ccc(F)cc1)C(CC)OC. The van der Waals surface area contributed by atoms with Crippen molar-refractivity contribution in [3.8, 4) is 0 Å². The van der Waals surface area contributed by atoms with Crippen LogP contribution in [-0.2, 0) is 11.2 Å². The van der Waals surface area contributed by atoms with Crippen molar-refractivity contribution >= 4 is 0 Å². The van der Waals surface area contributed by atoms with Gasteiger partial charge >= 0.3 is 0 Å². The number of nitrogens with one attached hydrogen (secondary N) is 1. The minimum absolute atomic E-state index is 0.185. The predicted molar refractivity (Wildman–Crippen MR) is 73.3 cm³/mol. The summed E-state index contributed by atoms with van der Waals surface area (Å²) in [6.07, 6.45) is 3.13. The van der Waals surface area contributed by atoms with Crippen molar-refractivity contribution < 1.29 is 9.13 Å². The number of hydrogen-bond acceptors (Lipinski definition) is 2. The van der Waals surface area contributed by atoms with Crippen LogP contribution in [0, 0.1) is 5.82 Å². The van der Waals surface area contributed by atoms with Crippen molar-refractivity contribution in [1.29, 1.82) is 0 Å². The maximum absolute atomic E-state index is 12.9. The van der Waals surface area contributed by atoms with E-state index in [2.05, 4.69) is 19.2 Å². The van der Waals surface area contributed by atoms with Gasteiger partial charge in [0.2, 0.25) is 0 Å². The Morgan fingerprint density at radius 2 is 1.89 bits per heavy atom. The van der Waals surface area contributed by atoms with Crippen molar-refractivity contribution in [3.05, 3.63) is 35.6 Å². The third-order valence-corrected chi connectivity index (χ3v) is 3.18. The number of hydrogen-bond donors (Lipinski definition) is 1. The van der Waals surface area contributed by atoms with Crippen LogP contribution >= 0.6 is 0 Å². The molecule has 18 heavy (non-hydrogen) atoms. The highest BCUT2D eigenvalue weighted by atomic mass is 19.1. The molecule has 0 aliphatic carbocycles. The maximum Gasteiger partial charge on any atom is 0.123 e. The summed E-state index contributed by atoms with van der Waals surface area (Å²) < 4.78 is 18.4. The summed E-state index contributed by atoms with van der Waals surface area (Å²) in [6.45, 7) is 5.25. The molecule has 0 aliphatic heterocycles. The summed E-state index contributed by atoms with van der Waals surface area (Å²) in [7, 11) is 1.75. The first kappa shape index (κ1) is 15.1. The van der Waals surface area contributed by atoms with E-state index in [1.165, 1.54) is 12.1 Å². The van der Waals surface area contributed by atoms with Crippen LogP contribution in [0.5, 0.6) is 0 Å². The van der Waals surface area contributed by atoms with Gasteiger partial charge in [-0.1, -0.05) is 26.0 Å². The molecule has 1 aromatic carbocycles. The first-order valence-electron chi connectivity index (χ1n) is 6.71. The molecule has 0 spiro atoms. The second kappa shape index (κ2) is 8.22. The Balaban J connectivity index is 2.67. The van der Waals surface area contributed by atoms with Gasteiger partial charge < -0.3 is 10.1 Å². The van der Waals surface area contributed by atoms with Gasteiger partial charge in [-0.25, -0.2) is 4.39 Å². The van der Waals surface area contributed by atoms with Gasteiger partial charge in [0, 0.05) is 13.2 Å². The highest BCUT2D eigenvalue weighted by Gasteiger charge is 2.19. The average Bonchev–Trinajstić information content (AvgIpc) is 2.39. The fraction of sp³-hybridized carbons (Fsp3) is 0.600. The van der Waals surface area contributed by atoms with Gasteiger partial charge in [-0.15, -0.1) is 0 Å². The molecular weight excluding hydrogens is 229 g/mol. The van der Waals surface area contributed by atoms with Crippen LogP contribution in [0.15, 0.2) is 24.3 Å². The Hall–Kier alpha value is -0.930. The van der Waals surface area contributed by atoms with E-state index in [0.717, 1.165) is 31.4 Å². The van der Waals surface area contributed by atoms with Crippen molar-refractivity contribution in [2.45, 2.75) is 45.3 Å². The van der Waals surface area contributed by atoms with E-state index in [-0.39, 0.29) is 18.0 Å². The van der Waals surface area contributed by atoms with Crippen LogP contribution in [0.3, 0.4) is 0 Å². The Kier molecular flexibility index (Phi) is 6.91. The predicted octanol–water partition coefficient (Wildman–Crippen LogP) is 3.16. The van der Waals surface area contributed by atoms with Crippen LogP contribution in [0.1, 0.15) is 32.3 Å². The molecule has 0 fully saturated rings. The van der Waals surface area contributed by atoms with Crippen molar-refractivity contribution in [1.82, 2.24) is 5.32 Å². The Bertz CT molecular complexity index is 322. The van der Waals surface area contributed by atoms with E-state index >= 15 is 0 Å². The number of ether oxygens (including phenoxy) is 1. The lowest BCUT2D eigenvalue weighted by Gasteiger charge is -2.26.